The molecule has 1 atom stereocenters. The number of nitrogen functional groups attached to an aromatic ring is 1. The molecule has 0 aliphatic rings. The lowest BCUT2D eigenvalue weighted by molar-refractivity contribution is 0.477. The van der Waals surface area contributed by atoms with E-state index >= 15 is 0 Å². The largest absolute Gasteiger partial charge is 0.430 e. The number of nitrogens with zero attached hydrogens (tertiary/aromatic N) is 1. The van der Waals surface area contributed by atoms with Gasteiger partial charge in [-0.3, -0.25) is 0 Å². The summed E-state index contributed by atoms with van der Waals surface area (Å²) in [7, 11) is -1.29. The average molecular weight is 357 g/mol. The van der Waals surface area contributed by atoms with Crippen molar-refractivity contribution in [1.29, 1.82) is 0 Å². The van der Waals surface area contributed by atoms with Crippen LogP contribution in [0.4, 0.5) is 5.69 Å². The highest BCUT2D eigenvalue weighted by atomic mass is 79.9. The first-order valence-electron chi connectivity index (χ1n) is 5.39. The summed E-state index contributed by atoms with van der Waals surface area (Å²) in [5, 5.41) is 2.20. The number of fused-ring (bicyclic) bond motifs is 1. The quantitative estimate of drug-likeness (QED) is 0.728. The van der Waals surface area contributed by atoms with E-state index in [1.165, 1.54) is 0 Å². The Hall–Kier alpha value is -1.18. The van der Waals surface area contributed by atoms with E-state index in [1.807, 2.05) is 11.4 Å². The Morgan fingerprint density at radius 1 is 1.42 bits per heavy atom. The van der Waals surface area contributed by atoms with Crippen LogP contribution >= 0.6 is 27.3 Å². The van der Waals surface area contributed by atoms with Gasteiger partial charge in [-0.1, -0.05) is 0 Å². The number of thiophene rings is 1. The SMILES string of the molecule is Nc1ccc2oc(S(=O)Cc3cc(Br)cs3)nc2c1. The zero-order valence-electron chi connectivity index (χ0n) is 9.63. The lowest BCUT2D eigenvalue weighted by Gasteiger charge is -1.93. The Bertz CT molecular complexity index is 766. The molecule has 2 N–H and O–H groups in total. The maximum atomic E-state index is 12.2. The number of aromatic nitrogens is 1. The third-order valence-electron chi connectivity index (χ3n) is 2.48. The first-order valence-corrected chi connectivity index (χ1v) is 8.38. The summed E-state index contributed by atoms with van der Waals surface area (Å²) in [5.41, 5.74) is 7.52. The van der Waals surface area contributed by atoms with Gasteiger partial charge >= 0.3 is 0 Å². The number of hydrogen-bond acceptors (Lipinski definition) is 5. The van der Waals surface area contributed by atoms with Gasteiger partial charge in [0.15, 0.2) is 5.58 Å². The highest BCUT2D eigenvalue weighted by Crippen LogP contribution is 2.25. The second-order valence-electron chi connectivity index (χ2n) is 3.93. The van der Waals surface area contributed by atoms with Crippen molar-refractivity contribution in [2.75, 3.05) is 5.73 Å². The number of halogens is 1. The highest BCUT2D eigenvalue weighted by Gasteiger charge is 2.14. The molecule has 19 heavy (non-hydrogen) atoms. The molecule has 98 valence electrons. The third kappa shape index (κ3) is 2.72. The van der Waals surface area contributed by atoms with Crippen molar-refractivity contribution < 1.29 is 8.63 Å². The van der Waals surface area contributed by atoms with Gasteiger partial charge in [-0.2, -0.15) is 0 Å². The van der Waals surface area contributed by atoms with E-state index in [0.717, 1.165) is 9.35 Å². The van der Waals surface area contributed by atoms with Gasteiger partial charge in [0.1, 0.15) is 16.3 Å². The number of nitrogens with two attached hydrogens (primary N) is 1. The lowest BCUT2D eigenvalue weighted by Crippen LogP contribution is -1.94. The fourth-order valence-electron chi connectivity index (χ4n) is 1.64. The summed E-state index contributed by atoms with van der Waals surface area (Å²) in [4.78, 5) is 5.24. The van der Waals surface area contributed by atoms with E-state index in [1.54, 1.807) is 29.5 Å². The molecule has 2 aromatic heterocycles. The average Bonchev–Trinajstić information content (AvgIpc) is 2.95. The summed E-state index contributed by atoms with van der Waals surface area (Å²) < 4.78 is 18.7. The zero-order chi connectivity index (χ0) is 13.4. The second kappa shape index (κ2) is 5.07. The maximum absolute atomic E-state index is 12.2. The van der Waals surface area contributed by atoms with Crippen molar-refractivity contribution in [1.82, 2.24) is 4.98 Å². The van der Waals surface area contributed by atoms with Gasteiger partial charge < -0.3 is 10.2 Å². The summed E-state index contributed by atoms with van der Waals surface area (Å²) in [6, 6.07) is 7.13. The van der Waals surface area contributed by atoms with Crippen LogP contribution in [0, 0.1) is 0 Å². The molecule has 0 saturated carbocycles. The summed E-state index contributed by atoms with van der Waals surface area (Å²) in [6.07, 6.45) is 0. The number of oxazole rings is 1. The van der Waals surface area contributed by atoms with Crippen LogP contribution < -0.4 is 5.73 Å². The Kier molecular flexibility index (Phi) is 3.42. The molecule has 0 aliphatic heterocycles. The van der Waals surface area contributed by atoms with Crippen molar-refractivity contribution in [3.05, 3.63) is 39.0 Å². The van der Waals surface area contributed by atoms with Crippen LogP contribution in [0.3, 0.4) is 0 Å². The summed E-state index contributed by atoms with van der Waals surface area (Å²) >= 11 is 4.93. The lowest BCUT2D eigenvalue weighted by atomic mass is 10.3. The van der Waals surface area contributed by atoms with E-state index in [9.17, 15) is 4.21 Å². The van der Waals surface area contributed by atoms with Gasteiger partial charge in [-0.25, -0.2) is 9.19 Å². The molecular weight excluding hydrogens is 348 g/mol. The molecule has 0 radical (unpaired) electrons. The fourth-order valence-corrected chi connectivity index (χ4v) is 4.32. The monoisotopic (exact) mass is 356 g/mol. The number of hydrogen-bond donors (Lipinski definition) is 1. The van der Waals surface area contributed by atoms with Crippen molar-refractivity contribution in [2.45, 2.75) is 11.0 Å². The van der Waals surface area contributed by atoms with Gasteiger partial charge in [-0.05, 0) is 40.2 Å². The highest BCUT2D eigenvalue weighted by molar-refractivity contribution is 9.10. The molecule has 0 bridgehead atoms. The van der Waals surface area contributed by atoms with Gasteiger partial charge in [0.25, 0.3) is 5.22 Å². The molecule has 7 heteroatoms. The molecule has 4 nitrogen and oxygen atoms in total. The molecule has 2 heterocycles. The molecule has 3 aromatic rings. The molecule has 1 aromatic carbocycles. The van der Waals surface area contributed by atoms with Crippen molar-refractivity contribution >= 4 is 54.9 Å². The normalized spacial score (nSPS) is 12.9. The summed E-state index contributed by atoms with van der Waals surface area (Å²) in [5.74, 6) is 0.401. The van der Waals surface area contributed by atoms with Crippen LogP contribution in [0.1, 0.15) is 4.88 Å². The number of rotatable bonds is 3. The second-order valence-corrected chi connectivity index (χ2v) is 7.17. The van der Waals surface area contributed by atoms with Crippen LogP contribution in [0.25, 0.3) is 11.1 Å². The Morgan fingerprint density at radius 2 is 2.26 bits per heavy atom. The third-order valence-corrected chi connectivity index (χ3v) is 5.50. The van der Waals surface area contributed by atoms with E-state index in [0.29, 0.717) is 22.5 Å². The van der Waals surface area contributed by atoms with E-state index < -0.39 is 10.8 Å². The van der Waals surface area contributed by atoms with E-state index in [2.05, 4.69) is 20.9 Å². The van der Waals surface area contributed by atoms with Gasteiger partial charge in [0.05, 0.1) is 5.75 Å². The Morgan fingerprint density at radius 3 is 3.00 bits per heavy atom. The first-order chi connectivity index (χ1) is 9.11. The van der Waals surface area contributed by atoms with Gasteiger partial charge in [0, 0.05) is 20.4 Å². The van der Waals surface area contributed by atoms with Crippen LogP contribution in [-0.4, -0.2) is 9.19 Å². The first kappa shape index (κ1) is 12.8. The summed E-state index contributed by atoms with van der Waals surface area (Å²) in [6.45, 7) is 0. The molecule has 0 spiro atoms. The Balaban J connectivity index is 1.89. The van der Waals surface area contributed by atoms with Crippen molar-refractivity contribution in [3.63, 3.8) is 0 Å². The minimum atomic E-state index is -1.29. The fraction of sp³-hybridized carbons (Fsp3) is 0.0833. The Labute approximate surface area is 124 Å². The molecule has 3 rings (SSSR count). The van der Waals surface area contributed by atoms with Crippen LogP contribution in [-0.2, 0) is 16.6 Å². The van der Waals surface area contributed by atoms with Crippen LogP contribution in [0.5, 0.6) is 0 Å². The standard InChI is InChI=1S/C12H9BrN2O2S2/c13-7-3-9(18-5-7)6-19(16)12-15-10-4-8(14)1-2-11(10)17-12/h1-5H,6,14H2. The van der Waals surface area contributed by atoms with E-state index in [4.69, 9.17) is 10.2 Å². The molecule has 0 fully saturated rings. The van der Waals surface area contributed by atoms with Gasteiger partial charge in [0.2, 0.25) is 0 Å². The molecule has 0 amide bonds. The minimum Gasteiger partial charge on any atom is -0.430 e. The maximum Gasteiger partial charge on any atom is 0.288 e. The van der Waals surface area contributed by atoms with Crippen molar-refractivity contribution in [2.24, 2.45) is 0 Å². The number of benzene rings is 1. The predicted octanol–water partition coefficient (Wildman–Crippen LogP) is 3.54. The molecule has 1 unspecified atom stereocenters. The zero-order valence-corrected chi connectivity index (χ0v) is 12.8. The van der Waals surface area contributed by atoms with Crippen LogP contribution in [0.15, 0.2) is 43.8 Å². The van der Waals surface area contributed by atoms with Gasteiger partial charge in [-0.15, -0.1) is 11.3 Å². The van der Waals surface area contributed by atoms with E-state index in [-0.39, 0.29) is 5.22 Å². The molecule has 0 saturated heterocycles. The smallest absolute Gasteiger partial charge is 0.288 e. The topological polar surface area (TPSA) is 69.1 Å². The van der Waals surface area contributed by atoms with Crippen molar-refractivity contribution in [3.8, 4) is 0 Å². The minimum absolute atomic E-state index is 0.241. The molecular formula is C12H9BrN2O2S2. The number of anilines is 1. The predicted molar refractivity (Wildman–Crippen MR) is 80.6 cm³/mol. The molecule has 0 aliphatic carbocycles. The van der Waals surface area contributed by atoms with Crippen LogP contribution in [0.2, 0.25) is 0 Å².